The highest BCUT2D eigenvalue weighted by Crippen LogP contribution is 2.37. The number of ether oxygens (including phenoxy) is 1. The smallest absolute Gasteiger partial charge is 0.414 e. The van der Waals surface area contributed by atoms with Crippen LogP contribution in [-0.4, -0.2) is 27.5 Å². The molecule has 0 unspecified atom stereocenters. The number of methoxy groups -OCH3 is 1. The number of hydrogen-bond acceptors (Lipinski definition) is 3. The molecule has 2 aromatic heterocycles. The molecule has 5 nitrogen and oxygen atoms in total. The van der Waals surface area contributed by atoms with Crippen LogP contribution in [0.2, 0.25) is 0 Å². The predicted octanol–water partition coefficient (Wildman–Crippen LogP) is 6.30. The van der Waals surface area contributed by atoms with Crippen LogP contribution in [-0.2, 0) is 4.74 Å². The molecule has 0 bridgehead atoms. The zero-order chi connectivity index (χ0) is 22.4. The van der Waals surface area contributed by atoms with E-state index in [4.69, 9.17) is 9.72 Å². The normalized spacial score (nSPS) is 15.1. The lowest BCUT2D eigenvalue weighted by Gasteiger charge is -2.32. The number of hydrogen-bond donors (Lipinski definition) is 0. The highest BCUT2D eigenvalue weighted by molar-refractivity contribution is 5.86. The maximum atomic E-state index is 12.7. The highest BCUT2D eigenvalue weighted by Gasteiger charge is 2.31. The molecule has 160 valence electrons. The van der Waals surface area contributed by atoms with Crippen molar-refractivity contribution in [1.29, 1.82) is 0 Å². The Bertz CT molecular complexity index is 1550. The van der Waals surface area contributed by atoms with Gasteiger partial charge < -0.3 is 9.14 Å². The molecule has 5 heteroatoms. The van der Waals surface area contributed by atoms with Crippen molar-refractivity contribution in [2.24, 2.45) is 0 Å². The molecule has 1 aliphatic rings. The minimum absolute atomic E-state index is 0.312. The monoisotopic (exact) mass is 431 g/mol. The number of carbonyl (C=O) groups is 1. The molecule has 5 aromatic rings. The summed E-state index contributed by atoms with van der Waals surface area (Å²) in [5, 5.41) is 2.37. The van der Waals surface area contributed by atoms with E-state index in [1.165, 1.54) is 17.9 Å². The van der Waals surface area contributed by atoms with Gasteiger partial charge in [-0.25, -0.2) is 4.79 Å². The molecule has 0 saturated carbocycles. The summed E-state index contributed by atoms with van der Waals surface area (Å²) in [6, 6.07) is 26.6. The van der Waals surface area contributed by atoms with Crippen LogP contribution < -0.4 is 0 Å². The van der Waals surface area contributed by atoms with Crippen molar-refractivity contribution in [3.63, 3.8) is 0 Å². The third-order valence-corrected chi connectivity index (χ3v) is 6.26. The molecule has 0 aliphatic carbocycles. The van der Waals surface area contributed by atoms with Crippen molar-refractivity contribution in [1.82, 2.24) is 14.3 Å². The zero-order valence-electron chi connectivity index (χ0n) is 18.1. The van der Waals surface area contributed by atoms with Crippen LogP contribution in [0, 0.1) is 0 Å². The quantitative estimate of drug-likeness (QED) is 0.330. The minimum atomic E-state index is -0.399. The number of rotatable bonds is 2. The summed E-state index contributed by atoms with van der Waals surface area (Å²) in [6.45, 7) is 0. The van der Waals surface area contributed by atoms with Crippen molar-refractivity contribution in [3.8, 4) is 11.3 Å². The van der Waals surface area contributed by atoms with Crippen LogP contribution in [0.1, 0.15) is 22.9 Å². The summed E-state index contributed by atoms with van der Waals surface area (Å²) in [5.74, 6) is 0. The number of benzene rings is 3. The van der Waals surface area contributed by atoms with Crippen LogP contribution in [0.15, 0.2) is 97.5 Å². The van der Waals surface area contributed by atoms with E-state index in [0.717, 1.165) is 33.6 Å². The molecule has 0 radical (unpaired) electrons. The third-order valence-electron chi connectivity index (χ3n) is 6.26. The lowest BCUT2D eigenvalue weighted by atomic mass is 9.94. The maximum Gasteiger partial charge on any atom is 0.414 e. The molecule has 0 fully saturated rings. The summed E-state index contributed by atoms with van der Waals surface area (Å²) >= 11 is 0. The molecule has 33 heavy (non-hydrogen) atoms. The molecular weight excluding hydrogens is 410 g/mol. The molecule has 6 rings (SSSR count). The summed E-state index contributed by atoms with van der Waals surface area (Å²) in [7, 11) is 1.41. The molecule has 1 amide bonds. The Morgan fingerprint density at radius 3 is 2.64 bits per heavy atom. The van der Waals surface area contributed by atoms with Crippen LogP contribution >= 0.6 is 0 Å². The van der Waals surface area contributed by atoms with Crippen LogP contribution in [0.25, 0.3) is 33.6 Å². The van der Waals surface area contributed by atoms with E-state index in [-0.39, 0.29) is 6.04 Å². The Balaban J connectivity index is 1.52. The lowest BCUT2D eigenvalue weighted by Crippen LogP contribution is -2.33. The van der Waals surface area contributed by atoms with Gasteiger partial charge in [0.15, 0.2) is 0 Å². The van der Waals surface area contributed by atoms with Gasteiger partial charge in [-0.2, -0.15) is 0 Å². The fraction of sp³-hybridized carbons (Fsp3) is 0.0714. The Hall–Kier alpha value is -4.38. The van der Waals surface area contributed by atoms with E-state index >= 15 is 0 Å². The van der Waals surface area contributed by atoms with E-state index in [1.54, 1.807) is 11.1 Å². The van der Waals surface area contributed by atoms with Crippen LogP contribution in [0.5, 0.6) is 0 Å². The van der Waals surface area contributed by atoms with Crippen molar-refractivity contribution in [2.45, 2.75) is 6.04 Å². The molecule has 1 aliphatic heterocycles. The molecule has 0 spiro atoms. The third kappa shape index (κ3) is 3.17. The summed E-state index contributed by atoms with van der Waals surface area (Å²) in [5.41, 5.74) is 5.98. The average molecular weight is 431 g/mol. The predicted molar refractivity (Wildman–Crippen MR) is 130 cm³/mol. The molecule has 3 aromatic carbocycles. The van der Waals surface area contributed by atoms with Gasteiger partial charge in [0.2, 0.25) is 0 Å². The Morgan fingerprint density at radius 2 is 1.76 bits per heavy atom. The first kappa shape index (κ1) is 19.3. The van der Waals surface area contributed by atoms with Crippen LogP contribution in [0.4, 0.5) is 4.79 Å². The largest absolute Gasteiger partial charge is 0.452 e. The Kier molecular flexibility index (Phi) is 4.47. The Morgan fingerprint density at radius 1 is 0.939 bits per heavy atom. The van der Waals surface area contributed by atoms with E-state index in [1.807, 2.05) is 48.8 Å². The van der Waals surface area contributed by atoms with E-state index in [9.17, 15) is 4.79 Å². The van der Waals surface area contributed by atoms with Crippen molar-refractivity contribution in [3.05, 3.63) is 114 Å². The van der Waals surface area contributed by atoms with Gasteiger partial charge in [0.25, 0.3) is 0 Å². The number of nitrogens with zero attached hydrogens (tertiary/aromatic N) is 3. The second kappa shape index (κ2) is 7.64. The first-order valence-electron chi connectivity index (χ1n) is 10.8. The summed E-state index contributed by atoms with van der Waals surface area (Å²) < 4.78 is 7.21. The summed E-state index contributed by atoms with van der Waals surface area (Å²) in [4.78, 5) is 19.0. The van der Waals surface area contributed by atoms with Gasteiger partial charge in [-0.15, -0.1) is 0 Å². The summed E-state index contributed by atoms with van der Waals surface area (Å²) in [6.07, 6.45) is 7.26. The fourth-order valence-electron chi connectivity index (χ4n) is 4.63. The number of carbonyl (C=O) groups excluding carboxylic acids is 1. The lowest BCUT2D eigenvalue weighted by molar-refractivity contribution is 0.130. The maximum absolute atomic E-state index is 12.7. The Labute approximate surface area is 191 Å². The molecule has 3 heterocycles. The van der Waals surface area contributed by atoms with Crippen molar-refractivity contribution >= 4 is 28.5 Å². The topological polar surface area (TPSA) is 46.8 Å². The van der Waals surface area contributed by atoms with E-state index in [2.05, 4.69) is 52.9 Å². The highest BCUT2D eigenvalue weighted by atomic mass is 16.5. The first-order chi connectivity index (χ1) is 16.2. The van der Waals surface area contributed by atoms with Gasteiger partial charge in [0.1, 0.15) is 6.04 Å². The first-order valence-corrected chi connectivity index (χ1v) is 10.8. The van der Waals surface area contributed by atoms with Crippen molar-refractivity contribution in [2.75, 3.05) is 7.11 Å². The van der Waals surface area contributed by atoms with Gasteiger partial charge in [0, 0.05) is 18.0 Å². The number of aromatic nitrogens is 2. The van der Waals surface area contributed by atoms with Gasteiger partial charge in [-0.1, -0.05) is 60.7 Å². The molecule has 1 atom stereocenters. The number of amides is 1. The SMILES string of the molecule is COC(=O)N1C=Cc2ccccc2[C@@H]1c1ccc2cnc(-c3ccc4ccccc4c3)cn12. The molecule has 0 N–H and O–H groups in total. The van der Waals surface area contributed by atoms with Crippen molar-refractivity contribution < 1.29 is 9.53 Å². The molecular formula is C28H21N3O2. The van der Waals surface area contributed by atoms with Gasteiger partial charge in [-0.05, 0) is 46.2 Å². The van der Waals surface area contributed by atoms with Crippen LogP contribution in [0.3, 0.4) is 0 Å². The van der Waals surface area contributed by atoms with Gasteiger partial charge >= 0.3 is 6.09 Å². The standard InChI is InChI=1S/C28H21N3O2/c1-33-28(32)30-15-14-20-7-4-5-9-24(20)27(30)26-13-12-23-17-29-25(18-31(23)26)22-11-10-19-6-2-3-8-21(19)16-22/h2-18,27H,1H3/t27-/m1/s1. The fourth-order valence-corrected chi connectivity index (χ4v) is 4.63. The van der Waals surface area contributed by atoms with E-state index in [0.29, 0.717) is 0 Å². The average Bonchev–Trinajstić information content (AvgIpc) is 3.30. The van der Waals surface area contributed by atoms with Gasteiger partial charge in [0.05, 0.1) is 30.2 Å². The number of fused-ring (bicyclic) bond motifs is 3. The second-order valence-corrected chi connectivity index (χ2v) is 8.11. The second-order valence-electron chi connectivity index (χ2n) is 8.11. The zero-order valence-corrected chi connectivity index (χ0v) is 18.1. The van der Waals surface area contributed by atoms with Gasteiger partial charge in [-0.3, -0.25) is 9.88 Å². The molecule has 0 saturated heterocycles. The minimum Gasteiger partial charge on any atom is -0.452 e. The van der Waals surface area contributed by atoms with E-state index < -0.39 is 6.09 Å².